The van der Waals surface area contributed by atoms with Crippen LogP contribution in [0, 0.1) is 6.92 Å². The molecule has 2 N–H and O–H groups in total. The van der Waals surface area contributed by atoms with E-state index >= 15 is 0 Å². The van der Waals surface area contributed by atoms with E-state index < -0.39 is 12.0 Å². The van der Waals surface area contributed by atoms with E-state index in [0.717, 1.165) is 36.9 Å². The van der Waals surface area contributed by atoms with Gasteiger partial charge in [0.15, 0.2) is 0 Å². The Labute approximate surface area is 149 Å². The number of piperidine rings is 1. The van der Waals surface area contributed by atoms with Crippen LogP contribution in [-0.4, -0.2) is 61.4 Å². The molecule has 1 saturated heterocycles. The molecule has 0 spiro atoms. The van der Waals surface area contributed by atoms with Crippen molar-refractivity contribution < 1.29 is 18.3 Å². The molecule has 3 rings (SSSR count). The van der Waals surface area contributed by atoms with E-state index in [1.54, 1.807) is 13.0 Å². The van der Waals surface area contributed by atoms with Crippen LogP contribution in [0.2, 0.25) is 0 Å². The number of aryl methyl sites for hydroxylation is 1. The maximum atomic E-state index is 12.9. The lowest BCUT2D eigenvalue weighted by Gasteiger charge is -2.33. The van der Waals surface area contributed by atoms with Gasteiger partial charge in [0.2, 0.25) is 0 Å². The van der Waals surface area contributed by atoms with Gasteiger partial charge in [0, 0.05) is 37.4 Å². The third kappa shape index (κ3) is 4.24. The molecule has 3 heterocycles. The van der Waals surface area contributed by atoms with E-state index in [-0.39, 0.29) is 17.9 Å². The van der Waals surface area contributed by atoms with Crippen molar-refractivity contribution >= 4 is 11.6 Å². The van der Waals surface area contributed by atoms with Crippen molar-refractivity contribution in [1.82, 2.24) is 24.5 Å². The molecule has 0 aliphatic carbocycles. The first-order valence-electron chi connectivity index (χ1n) is 8.75. The molecule has 0 aromatic carbocycles. The van der Waals surface area contributed by atoms with Crippen LogP contribution in [0.4, 0.5) is 19.0 Å². The first-order valence-corrected chi connectivity index (χ1v) is 8.75. The highest BCUT2D eigenvalue weighted by Gasteiger charge is 2.37. The number of nitrogens with zero attached hydrogens (tertiary/aromatic N) is 5. The molecule has 2 aromatic heterocycles. The summed E-state index contributed by atoms with van der Waals surface area (Å²) in [6.07, 6.45) is -2.54. The maximum absolute atomic E-state index is 12.9. The molecule has 0 bridgehead atoms. The van der Waals surface area contributed by atoms with Gasteiger partial charge in [0.05, 0.1) is 6.10 Å². The predicted molar refractivity (Wildman–Crippen MR) is 89.9 cm³/mol. The van der Waals surface area contributed by atoms with Crippen LogP contribution in [0.15, 0.2) is 6.07 Å². The maximum Gasteiger partial charge on any atom is 0.453 e. The zero-order valence-electron chi connectivity index (χ0n) is 14.8. The Morgan fingerprint density at radius 1 is 1.31 bits per heavy atom. The van der Waals surface area contributed by atoms with Gasteiger partial charge in [0.25, 0.3) is 11.6 Å². The van der Waals surface area contributed by atoms with Gasteiger partial charge in [-0.1, -0.05) is 6.92 Å². The number of aromatic nitrogens is 4. The number of nitrogens with one attached hydrogen (secondary N) is 1. The fourth-order valence-electron chi connectivity index (χ4n) is 3.11. The van der Waals surface area contributed by atoms with Gasteiger partial charge in [-0.25, -0.2) is 4.98 Å². The van der Waals surface area contributed by atoms with Gasteiger partial charge in [-0.2, -0.15) is 22.7 Å². The quantitative estimate of drug-likeness (QED) is 0.837. The molecule has 1 aliphatic heterocycles. The molecule has 1 atom stereocenters. The van der Waals surface area contributed by atoms with Crippen LogP contribution in [-0.2, 0) is 6.18 Å². The Morgan fingerprint density at radius 2 is 2.00 bits per heavy atom. The van der Waals surface area contributed by atoms with Crippen molar-refractivity contribution in [3.8, 4) is 0 Å². The van der Waals surface area contributed by atoms with Crippen molar-refractivity contribution in [3.05, 3.63) is 17.6 Å². The Morgan fingerprint density at radius 3 is 2.62 bits per heavy atom. The van der Waals surface area contributed by atoms with E-state index in [1.165, 1.54) is 0 Å². The molecule has 144 valence electrons. The molecule has 1 fully saturated rings. The van der Waals surface area contributed by atoms with Crippen molar-refractivity contribution in [3.63, 3.8) is 0 Å². The highest BCUT2D eigenvalue weighted by molar-refractivity contribution is 5.46. The zero-order valence-corrected chi connectivity index (χ0v) is 14.8. The van der Waals surface area contributed by atoms with Crippen LogP contribution >= 0.6 is 0 Å². The highest BCUT2D eigenvalue weighted by atomic mass is 19.4. The highest BCUT2D eigenvalue weighted by Crippen LogP contribution is 2.27. The van der Waals surface area contributed by atoms with Crippen LogP contribution in [0.5, 0.6) is 0 Å². The summed E-state index contributed by atoms with van der Waals surface area (Å²) in [5, 5.41) is 16.6. The minimum atomic E-state index is -4.61. The van der Waals surface area contributed by atoms with Gasteiger partial charge >= 0.3 is 6.18 Å². The van der Waals surface area contributed by atoms with Crippen LogP contribution < -0.4 is 5.32 Å². The molecule has 0 saturated carbocycles. The number of alkyl halides is 3. The number of hydrogen-bond donors (Lipinski definition) is 2. The van der Waals surface area contributed by atoms with Crippen LogP contribution in [0.1, 0.15) is 37.7 Å². The summed E-state index contributed by atoms with van der Waals surface area (Å²) in [4.78, 5) is 9.73. The first-order chi connectivity index (χ1) is 12.3. The van der Waals surface area contributed by atoms with Gasteiger partial charge in [-0.3, -0.25) is 0 Å². The van der Waals surface area contributed by atoms with Crippen molar-refractivity contribution in [2.24, 2.45) is 0 Å². The number of likely N-dealkylation sites (tertiary alicyclic amines) is 1. The smallest absolute Gasteiger partial charge is 0.392 e. The van der Waals surface area contributed by atoms with E-state index in [1.807, 2.05) is 6.92 Å². The average molecular weight is 372 g/mol. The molecule has 1 unspecified atom stereocenters. The van der Waals surface area contributed by atoms with Crippen molar-refractivity contribution in [1.29, 1.82) is 0 Å². The summed E-state index contributed by atoms with van der Waals surface area (Å²) >= 11 is 0. The van der Waals surface area contributed by atoms with Crippen LogP contribution in [0.3, 0.4) is 0 Å². The third-order valence-electron chi connectivity index (χ3n) is 4.57. The SMILES string of the molecule is CCC(O)CN1CCC(Nc2cc(C)nc3nc(C(F)(F)F)nn23)CC1. The largest absolute Gasteiger partial charge is 0.453 e. The fourth-order valence-corrected chi connectivity index (χ4v) is 3.11. The van der Waals surface area contributed by atoms with Crippen LogP contribution in [0.25, 0.3) is 5.78 Å². The summed E-state index contributed by atoms with van der Waals surface area (Å²) in [6.45, 7) is 5.96. The van der Waals surface area contributed by atoms with Gasteiger partial charge in [0.1, 0.15) is 5.82 Å². The van der Waals surface area contributed by atoms with E-state index in [0.29, 0.717) is 18.1 Å². The molecule has 10 heteroatoms. The lowest BCUT2D eigenvalue weighted by atomic mass is 10.0. The minimum Gasteiger partial charge on any atom is -0.392 e. The normalized spacial score (nSPS) is 18.4. The molecule has 0 amide bonds. The second kappa shape index (κ2) is 7.36. The number of aliphatic hydroxyl groups is 1. The minimum absolute atomic E-state index is 0.0664. The van der Waals surface area contributed by atoms with Gasteiger partial charge < -0.3 is 15.3 Å². The molecule has 2 aromatic rings. The monoisotopic (exact) mass is 372 g/mol. The standard InChI is InChI=1S/C16H23F3N6O/c1-3-12(26)9-24-6-4-11(5-7-24)21-13-8-10(2)20-15-22-14(16(17,18)19)23-25(13)15/h8,11-12,21,26H,3-7,9H2,1-2H3. The molecular weight excluding hydrogens is 349 g/mol. The summed E-state index contributed by atoms with van der Waals surface area (Å²) in [6, 6.07) is 1.79. The Balaban J connectivity index is 1.72. The number of fused-ring (bicyclic) bond motifs is 1. The number of anilines is 1. The second-order valence-corrected chi connectivity index (χ2v) is 6.71. The average Bonchev–Trinajstić information content (AvgIpc) is 3.01. The van der Waals surface area contributed by atoms with E-state index in [9.17, 15) is 18.3 Å². The number of aliphatic hydroxyl groups excluding tert-OH is 1. The molecule has 0 radical (unpaired) electrons. The summed E-state index contributed by atoms with van der Waals surface area (Å²) < 4.78 is 39.8. The topological polar surface area (TPSA) is 78.6 Å². The Kier molecular flexibility index (Phi) is 5.33. The van der Waals surface area contributed by atoms with Crippen molar-refractivity contribution in [2.45, 2.75) is 51.4 Å². The molecule has 26 heavy (non-hydrogen) atoms. The molecule has 1 aliphatic rings. The summed E-state index contributed by atoms with van der Waals surface area (Å²) in [7, 11) is 0. The van der Waals surface area contributed by atoms with Gasteiger partial charge in [-0.05, 0) is 26.2 Å². The summed E-state index contributed by atoms with van der Waals surface area (Å²) in [5.74, 6) is -0.798. The fraction of sp³-hybridized carbons (Fsp3) is 0.688. The molecule has 7 nitrogen and oxygen atoms in total. The number of rotatable bonds is 5. The summed E-state index contributed by atoms with van der Waals surface area (Å²) in [5.41, 5.74) is 0.574. The van der Waals surface area contributed by atoms with Crippen molar-refractivity contribution in [2.75, 3.05) is 25.0 Å². The number of β-amino-alcohol motifs (C(OH)–C–C–N with tert-alkyl or cyclic N) is 1. The van der Waals surface area contributed by atoms with Gasteiger partial charge in [-0.15, -0.1) is 5.10 Å². The lowest BCUT2D eigenvalue weighted by Crippen LogP contribution is -2.42. The zero-order chi connectivity index (χ0) is 18.9. The first kappa shape index (κ1) is 18.8. The number of hydrogen-bond acceptors (Lipinski definition) is 6. The third-order valence-corrected chi connectivity index (χ3v) is 4.57. The van der Waals surface area contributed by atoms with E-state index in [4.69, 9.17) is 0 Å². The predicted octanol–water partition coefficient (Wildman–Crippen LogP) is 2.10. The lowest BCUT2D eigenvalue weighted by molar-refractivity contribution is -0.144. The number of halogens is 3. The molecular formula is C16H23F3N6O. The Bertz CT molecular complexity index is 754. The second-order valence-electron chi connectivity index (χ2n) is 6.71. The Hall–Kier alpha value is -1.94. The van der Waals surface area contributed by atoms with E-state index in [2.05, 4.69) is 25.3 Å².